The molecule has 0 saturated heterocycles. The molecule has 0 aromatic heterocycles. The van der Waals surface area contributed by atoms with Gasteiger partial charge in [-0.25, -0.2) is 0 Å². The number of benzene rings is 1. The van der Waals surface area contributed by atoms with Crippen molar-refractivity contribution < 1.29 is 4.79 Å². The summed E-state index contributed by atoms with van der Waals surface area (Å²) in [6.45, 7) is 0.454. The van der Waals surface area contributed by atoms with E-state index in [1.807, 2.05) is 30.3 Å². The zero-order chi connectivity index (χ0) is 10.1. The van der Waals surface area contributed by atoms with E-state index in [0.717, 1.165) is 11.3 Å². The average Bonchev–Trinajstić information content (AvgIpc) is 2.17. The summed E-state index contributed by atoms with van der Waals surface area (Å²) in [5.74, 6) is -0.390. The minimum Gasteiger partial charge on any atom is -0.366 e. The standard InChI is InChI=1S/C10H10N2OS/c11-10(13)8-5-7-3-1-2-4-9(7)12(14)6-8/h1-5,14H,6H2,(H2,11,13). The van der Waals surface area contributed by atoms with Gasteiger partial charge < -0.3 is 10.0 Å². The first-order chi connectivity index (χ1) is 6.68. The van der Waals surface area contributed by atoms with E-state index in [4.69, 9.17) is 5.73 Å². The molecule has 0 saturated carbocycles. The summed E-state index contributed by atoms with van der Waals surface area (Å²) >= 11 is 4.28. The molecule has 0 unspecified atom stereocenters. The Kier molecular flexibility index (Phi) is 2.21. The molecule has 1 aliphatic rings. The first-order valence-corrected chi connectivity index (χ1v) is 4.64. The van der Waals surface area contributed by atoms with Crippen LogP contribution in [-0.4, -0.2) is 12.5 Å². The van der Waals surface area contributed by atoms with E-state index >= 15 is 0 Å². The number of nitrogens with two attached hydrogens (primary N) is 1. The lowest BCUT2D eigenvalue weighted by atomic mass is 10.0. The lowest BCUT2D eigenvalue weighted by molar-refractivity contribution is -0.114. The molecule has 1 aromatic carbocycles. The summed E-state index contributed by atoms with van der Waals surface area (Å²) in [5, 5.41) is 0. The van der Waals surface area contributed by atoms with Crippen molar-refractivity contribution in [2.24, 2.45) is 5.73 Å². The van der Waals surface area contributed by atoms with Crippen LogP contribution in [0.3, 0.4) is 0 Å². The van der Waals surface area contributed by atoms with E-state index in [0.29, 0.717) is 12.1 Å². The van der Waals surface area contributed by atoms with Gasteiger partial charge in [0.05, 0.1) is 12.2 Å². The highest BCUT2D eigenvalue weighted by Gasteiger charge is 2.17. The van der Waals surface area contributed by atoms with Gasteiger partial charge in [0.15, 0.2) is 0 Å². The minimum atomic E-state index is -0.390. The molecule has 1 amide bonds. The van der Waals surface area contributed by atoms with E-state index in [1.54, 1.807) is 4.31 Å². The largest absolute Gasteiger partial charge is 0.366 e. The third-order valence-corrected chi connectivity index (χ3v) is 2.54. The molecule has 0 radical (unpaired) electrons. The number of hydrogen-bond donors (Lipinski definition) is 2. The van der Waals surface area contributed by atoms with Crippen LogP contribution in [0, 0.1) is 0 Å². The van der Waals surface area contributed by atoms with Crippen LogP contribution in [-0.2, 0) is 4.79 Å². The van der Waals surface area contributed by atoms with Crippen LogP contribution < -0.4 is 10.0 Å². The highest BCUT2D eigenvalue weighted by atomic mass is 32.1. The van der Waals surface area contributed by atoms with Gasteiger partial charge in [-0.15, -0.1) is 0 Å². The van der Waals surface area contributed by atoms with E-state index in [9.17, 15) is 4.79 Å². The Morgan fingerprint density at radius 3 is 2.86 bits per heavy atom. The number of carbonyl (C=O) groups is 1. The molecular weight excluding hydrogens is 196 g/mol. The highest BCUT2D eigenvalue weighted by Crippen LogP contribution is 2.29. The molecule has 0 spiro atoms. The Balaban J connectivity index is 2.50. The van der Waals surface area contributed by atoms with E-state index in [1.165, 1.54) is 0 Å². The number of fused-ring (bicyclic) bond motifs is 1. The summed E-state index contributed by atoms with van der Waals surface area (Å²) in [6.07, 6.45) is 1.81. The van der Waals surface area contributed by atoms with Gasteiger partial charge in [-0.05, 0) is 17.7 Å². The summed E-state index contributed by atoms with van der Waals surface area (Å²) in [4.78, 5) is 11.0. The van der Waals surface area contributed by atoms with Gasteiger partial charge in [0.25, 0.3) is 0 Å². The molecule has 0 bridgehead atoms. The van der Waals surface area contributed by atoms with Gasteiger partial charge in [-0.1, -0.05) is 31.0 Å². The number of anilines is 1. The lowest BCUT2D eigenvalue weighted by Gasteiger charge is -2.24. The Morgan fingerprint density at radius 2 is 2.14 bits per heavy atom. The van der Waals surface area contributed by atoms with Crippen LogP contribution in [0.25, 0.3) is 6.08 Å². The summed E-state index contributed by atoms with van der Waals surface area (Å²) in [6, 6.07) is 7.74. The van der Waals surface area contributed by atoms with Crippen LogP contribution in [0.5, 0.6) is 0 Å². The van der Waals surface area contributed by atoms with Crippen LogP contribution in [0.4, 0.5) is 5.69 Å². The lowest BCUT2D eigenvalue weighted by Crippen LogP contribution is -2.26. The van der Waals surface area contributed by atoms with Crippen molar-refractivity contribution in [2.45, 2.75) is 0 Å². The molecule has 0 atom stereocenters. The number of para-hydroxylation sites is 1. The van der Waals surface area contributed by atoms with Gasteiger partial charge in [0.2, 0.25) is 5.91 Å². The fourth-order valence-electron chi connectivity index (χ4n) is 1.47. The van der Waals surface area contributed by atoms with Crippen molar-refractivity contribution in [3.05, 3.63) is 35.4 Å². The molecule has 4 heteroatoms. The fourth-order valence-corrected chi connectivity index (χ4v) is 1.81. The zero-order valence-corrected chi connectivity index (χ0v) is 8.37. The molecule has 3 nitrogen and oxygen atoms in total. The Morgan fingerprint density at radius 1 is 1.43 bits per heavy atom. The second-order valence-corrected chi connectivity index (χ2v) is 3.63. The first-order valence-electron chi connectivity index (χ1n) is 4.24. The predicted octanol–water partition coefficient (Wildman–Crippen LogP) is 1.22. The van der Waals surface area contributed by atoms with E-state index in [-0.39, 0.29) is 0 Å². The molecule has 2 rings (SSSR count). The predicted molar refractivity (Wildman–Crippen MR) is 59.9 cm³/mol. The molecule has 0 aliphatic carbocycles. The quantitative estimate of drug-likeness (QED) is 0.679. The van der Waals surface area contributed by atoms with E-state index in [2.05, 4.69) is 12.8 Å². The van der Waals surface area contributed by atoms with Crippen molar-refractivity contribution in [2.75, 3.05) is 10.8 Å². The molecule has 2 N–H and O–H groups in total. The van der Waals surface area contributed by atoms with Crippen molar-refractivity contribution in [3.8, 4) is 0 Å². The van der Waals surface area contributed by atoms with Crippen LogP contribution in [0.2, 0.25) is 0 Å². The molecule has 72 valence electrons. The Labute approximate surface area is 87.7 Å². The van der Waals surface area contributed by atoms with Gasteiger partial charge >= 0.3 is 0 Å². The van der Waals surface area contributed by atoms with Gasteiger partial charge in [-0.3, -0.25) is 4.79 Å². The number of hydrogen-bond acceptors (Lipinski definition) is 3. The number of rotatable bonds is 1. The maximum Gasteiger partial charge on any atom is 0.246 e. The number of thiol groups is 1. The third kappa shape index (κ3) is 1.48. The molecule has 0 fully saturated rings. The molecule has 1 aliphatic heterocycles. The average molecular weight is 206 g/mol. The molecule has 1 heterocycles. The SMILES string of the molecule is NC(=O)C1=Cc2ccccc2N(S)C1. The van der Waals surface area contributed by atoms with Crippen molar-refractivity contribution in [1.82, 2.24) is 0 Å². The maximum atomic E-state index is 11.0. The van der Waals surface area contributed by atoms with E-state index < -0.39 is 5.91 Å². The zero-order valence-electron chi connectivity index (χ0n) is 7.47. The molecular formula is C10H10N2OS. The maximum absolute atomic E-state index is 11.0. The molecule has 1 aromatic rings. The Hall–Kier alpha value is -1.42. The van der Waals surface area contributed by atoms with Gasteiger partial charge in [0, 0.05) is 5.57 Å². The summed E-state index contributed by atoms with van der Waals surface area (Å²) in [7, 11) is 0. The third-order valence-electron chi connectivity index (χ3n) is 2.18. The van der Waals surface area contributed by atoms with Crippen LogP contribution in [0.15, 0.2) is 29.8 Å². The molecule has 14 heavy (non-hydrogen) atoms. The summed E-state index contributed by atoms with van der Waals surface area (Å²) in [5.41, 5.74) is 7.78. The van der Waals surface area contributed by atoms with Crippen molar-refractivity contribution in [1.29, 1.82) is 0 Å². The smallest absolute Gasteiger partial charge is 0.246 e. The summed E-state index contributed by atoms with van der Waals surface area (Å²) < 4.78 is 1.72. The number of primary amides is 1. The monoisotopic (exact) mass is 206 g/mol. The van der Waals surface area contributed by atoms with Gasteiger partial charge in [-0.2, -0.15) is 0 Å². The van der Waals surface area contributed by atoms with Crippen molar-refractivity contribution in [3.63, 3.8) is 0 Å². The number of amides is 1. The topological polar surface area (TPSA) is 46.3 Å². The fraction of sp³-hybridized carbons (Fsp3) is 0.100. The van der Waals surface area contributed by atoms with Crippen molar-refractivity contribution >= 4 is 30.5 Å². The second-order valence-electron chi connectivity index (χ2n) is 3.15. The number of nitrogens with zero attached hydrogens (tertiary/aromatic N) is 1. The van der Waals surface area contributed by atoms with Crippen LogP contribution in [0.1, 0.15) is 5.56 Å². The van der Waals surface area contributed by atoms with Gasteiger partial charge in [0.1, 0.15) is 0 Å². The first kappa shape index (κ1) is 9.15. The second kappa shape index (κ2) is 3.38. The van der Waals surface area contributed by atoms with Crippen LogP contribution >= 0.6 is 12.8 Å². The Bertz CT molecular complexity index is 414. The number of carbonyl (C=O) groups excluding carboxylic acids is 1. The normalized spacial score (nSPS) is 14.6. The minimum absolute atomic E-state index is 0.390. The highest BCUT2D eigenvalue weighted by molar-refractivity contribution is 7.81.